The van der Waals surface area contributed by atoms with Crippen molar-refractivity contribution in [2.75, 3.05) is 18.8 Å². The first-order valence-electron chi connectivity index (χ1n) is 8.94. The van der Waals surface area contributed by atoms with Gasteiger partial charge >= 0.3 is 0 Å². The Kier molecular flexibility index (Phi) is 6.17. The van der Waals surface area contributed by atoms with Crippen molar-refractivity contribution in [1.82, 2.24) is 18.9 Å². The van der Waals surface area contributed by atoms with Crippen LogP contribution in [0.15, 0.2) is 52.6 Å². The van der Waals surface area contributed by atoms with Crippen molar-refractivity contribution in [3.63, 3.8) is 0 Å². The molecule has 9 heteroatoms. The lowest BCUT2D eigenvalue weighted by Crippen LogP contribution is -2.30. The zero-order chi connectivity index (χ0) is 20.3. The van der Waals surface area contributed by atoms with Gasteiger partial charge in [0.15, 0.2) is 16.6 Å². The minimum absolute atomic E-state index is 0.0198. The molecule has 0 aliphatic heterocycles. The molecule has 0 saturated heterocycles. The van der Waals surface area contributed by atoms with E-state index in [4.69, 9.17) is 0 Å². The zero-order valence-electron chi connectivity index (χ0n) is 16.0. The first-order valence-corrected chi connectivity index (χ1v) is 11.4. The van der Waals surface area contributed by atoms with Gasteiger partial charge in [0.25, 0.3) is 0 Å². The van der Waals surface area contributed by atoms with E-state index >= 15 is 0 Å². The van der Waals surface area contributed by atoms with Gasteiger partial charge in [-0.3, -0.25) is 9.20 Å². The van der Waals surface area contributed by atoms with Crippen LogP contribution in [0.4, 0.5) is 0 Å². The van der Waals surface area contributed by atoms with E-state index in [0.717, 1.165) is 5.56 Å². The highest BCUT2D eigenvalue weighted by Gasteiger charge is 2.23. The van der Waals surface area contributed by atoms with E-state index in [0.29, 0.717) is 29.5 Å². The molecule has 7 nitrogen and oxygen atoms in total. The highest BCUT2D eigenvalue weighted by atomic mass is 32.2. The summed E-state index contributed by atoms with van der Waals surface area (Å²) >= 11 is 1.23. The van der Waals surface area contributed by atoms with Crippen molar-refractivity contribution in [2.45, 2.75) is 30.8 Å². The Morgan fingerprint density at radius 2 is 1.75 bits per heavy atom. The SMILES string of the molecule is CCN(CC)S(=O)(=O)c1ccc2nnc(SCC(=O)c3ccc(C)cc3)n2c1. The average molecular weight is 419 g/mol. The van der Waals surface area contributed by atoms with Gasteiger partial charge in [0.1, 0.15) is 0 Å². The van der Waals surface area contributed by atoms with Crippen molar-refractivity contribution in [1.29, 1.82) is 0 Å². The molecule has 2 heterocycles. The van der Waals surface area contributed by atoms with Crippen LogP contribution >= 0.6 is 11.8 Å². The van der Waals surface area contributed by atoms with Gasteiger partial charge in [0.2, 0.25) is 10.0 Å². The normalized spacial score (nSPS) is 12.0. The number of hydrogen-bond acceptors (Lipinski definition) is 6. The molecule has 2 aromatic heterocycles. The molecule has 0 radical (unpaired) electrons. The van der Waals surface area contributed by atoms with Crippen LogP contribution in [0, 0.1) is 6.92 Å². The summed E-state index contributed by atoms with van der Waals surface area (Å²) in [5.41, 5.74) is 2.26. The van der Waals surface area contributed by atoms with E-state index in [2.05, 4.69) is 10.2 Å². The Morgan fingerprint density at radius 1 is 1.07 bits per heavy atom. The maximum atomic E-state index is 12.8. The van der Waals surface area contributed by atoms with Crippen molar-refractivity contribution >= 4 is 33.2 Å². The van der Waals surface area contributed by atoms with Gasteiger partial charge in [-0.2, -0.15) is 4.31 Å². The number of carbonyl (C=O) groups excluding carboxylic acids is 1. The molecule has 0 spiro atoms. The lowest BCUT2D eigenvalue weighted by Gasteiger charge is -2.18. The lowest BCUT2D eigenvalue weighted by molar-refractivity contribution is 0.102. The molecule has 148 valence electrons. The maximum Gasteiger partial charge on any atom is 0.244 e. The Hall–Kier alpha value is -2.23. The fourth-order valence-corrected chi connectivity index (χ4v) is 5.03. The molecule has 1 aromatic carbocycles. The minimum Gasteiger partial charge on any atom is -0.293 e. The summed E-state index contributed by atoms with van der Waals surface area (Å²) in [5.74, 6) is 0.172. The minimum atomic E-state index is -3.58. The van der Waals surface area contributed by atoms with Gasteiger partial charge in [0.05, 0.1) is 10.6 Å². The van der Waals surface area contributed by atoms with Gasteiger partial charge in [-0.05, 0) is 19.1 Å². The summed E-state index contributed by atoms with van der Waals surface area (Å²) in [6, 6.07) is 10.5. The number of aromatic nitrogens is 3. The molecule has 0 bridgehead atoms. The number of nitrogens with zero attached hydrogens (tertiary/aromatic N) is 4. The summed E-state index contributed by atoms with van der Waals surface area (Å²) < 4.78 is 28.5. The summed E-state index contributed by atoms with van der Waals surface area (Å²) in [6.07, 6.45) is 1.52. The van der Waals surface area contributed by atoms with Crippen molar-refractivity contribution < 1.29 is 13.2 Å². The predicted octanol–water partition coefficient (Wildman–Crippen LogP) is 3.04. The van der Waals surface area contributed by atoms with Crippen LogP contribution < -0.4 is 0 Å². The number of fused-ring (bicyclic) bond motifs is 1. The number of rotatable bonds is 8. The Morgan fingerprint density at radius 3 is 2.39 bits per heavy atom. The summed E-state index contributed by atoms with van der Waals surface area (Å²) in [6.45, 7) is 6.36. The molecule has 28 heavy (non-hydrogen) atoms. The zero-order valence-corrected chi connectivity index (χ0v) is 17.6. The van der Waals surface area contributed by atoms with Gasteiger partial charge in [-0.15, -0.1) is 10.2 Å². The molecule has 0 saturated carbocycles. The van der Waals surface area contributed by atoms with Crippen molar-refractivity contribution in [3.8, 4) is 0 Å². The molecule has 3 aromatic rings. The highest BCUT2D eigenvalue weighted by molar-refractivity contribution is 7.99. The quantitative estimate of drug-likeness (QED) is 0.413. The second-order valence-electron chi connectivity index (χ2n) is 6.24. The third-order valence-electron chi connectivity index (χ3n) is 4.39. The molecule has 0 N–H and O–H groups in total. The van der Waals surface area contributed by atoms with Crippen LogP contribution in [0.1, 0.15) is 29.8 Å². The van der Waals surface area contributed by atoms with Crippen molar-refractivity contribution in [3.05, 3.63) is 53.7 Å². The number of ketones is 1. The third-order valence-corrected chi connectivity index (χ3v) is 7.37. The smallest absolute Gasteiger partial charge is 0.244 e. The molecule has 0 unspecified atom stereocenters. The molecular weight excluding hydrogens is 396 g/mol. The molecule has 0 fully saturated rings. The maximum absolute atomic E-state index is 12.8. The molecule has 3 rings (SSSR count). The standard InChI is InChI=1S/C19H22N4O3S2/c1-4-22(5-2)28(25,26)16-10-11-18-20-21-19(23(18)12-16)27-13-17(24)15-8-6-14(3)7-9-15/h6-12H,4-5,13H2,1-3H3. The van der Waals surface area contributed by atoms with E-state index < -0.39 is 10.0 Å². The molecular formula is C19H22N4O3S2. The van der Waals surface area contributed by atoms with Gasteiger partial charge in [-0.25, -0.2) is 8.42 Å². The van der Waals surface area contributed by atoms with E-state index in [1.807, 2.05) is 19.1 Å². The Balaban J connectivity index is 1.84. The number of sulfonamides is 1. The number of benzene rings is 1. The number of thioether (sulfide) groups is 1. The number of Topliss-reactive ketones (excluding diaryl/α,β-unsaturated/α-hetero) is 1. The van der Waals surface area contributed by atoms with Crippen LogP contribution in [0.25, 0.3) is 5.65 Å². The molecule has 0 aliphatic carbocycles. The van der Waals surface area contributed by atoms with E-state index in [9.17, 15) is 13.2 Å². The topological polar surface area (TPSA) is 84.6 Å². The van der Waals surface area contributed by atoms with Gasteiger partial charge < -0.3 is 0 Å². The summed E-state index contributed by atoms with van der Waals surface area (Å²) in [7, 11) is -3.58. The summed E-state index contributed by atoms with van der Waals surface area (Å²) in [5, 5.41) is 8.64. The first-order chi connectivity index (χ1) is 13.4. The molecule has 0 amide bonds. The van der Waals surface area contributed by atoms with Gasteiger partial charge in [0, 0.05) is 24.8 Å². The van der Waals surface area contributed by atoms with E-state index in [1.165, 1.54) is 28.3 Å². The van der Waals surface area contributed by atoms with Crippen molar-refractivity contribution in [2.24, 2.45) is 0 Å². The number of pyridine rings is 1. The predicted molar refractivity (Wildman–Crippen MR) is 109 cm³/mol. The summed E-state index contributed by atoms with van der Waals surface area (Å²) in [4.78, 5) is 12.6. The van der Waals surface area contributed by atoms with E-state index in [-0.39, 0.29) is 16.4 Å². The average Bonchev–Trinajstić information content (AvgIpc) is 3.09. The fraction of sp³-hybridized carbons (Fsp3) is 0.316. The first kappa shape index (κ1) is 20.5. The Labute approximate surface area is 168 Å². The molecule has 0 atom stereocenters. The van der Waals surface area contributed by atoms with Gasteiger partial charge in [-0.1, -0.05) is 55.4 Å². The number of hydrogen-bond donors (Lipinski definition) is 0. The highest BCUT2D eigenvalue weighted by Crippen LogP contribution is 2.22. The van der Waals surface area contributed by atoms with Crippen LogP contribution in [0.2, 0.25) is 0 Å². The molecule has 0 aliphatic rings. The van der Waals surface area contributed by atoms with Crippen LogP contribution in [0.5, 0.6) is 0 Å². The fourth-order valence-electron chi connectivity index (χ4n) is 2.77. The van der Waals surface area contributed by atoms with E-state index in [1.54, 1.807) is 36.4 Å². The third kappa shape index (κ3) is 4.11. The Bertz CT molecular complexity index is 1090. The number of carbonyl (C=O) groups is 1. The van der Waals surface area contributed by atoms with Crippen LogP contribution in [0.3, 0.4) is 0 Å². The lowest BCUT2D eigenvalue weighted by atomic mass is 10.1. The monoisotopic (exact) mass is 418 g/mol. The largest absolute Gasteiger partial charge is 0.293 e. The number of aryl methyl sites for hydroxylation is 1. The van der Waals surface area contributed by atoms with Crippen LogP contribution in [-0.4, -0.2) is 51.9 Å². The van der Waals surface area contributed by atoms with Crippen LogP contribution in [-0.2, 0) is 10.0 Å². The second-order valence-corrected chi connectivity index (χ2v) is 9.12. The second kappa shape index (κ2) is 8.42.